The number of benzene rings is 8. The molecule has 0 N–H and O–H groups in total. The van der Waals surface area contributed by atoms with Crippen molar-refractivity contribution in [1.82, 2.24) is 15.0 Å². The molecule has 0 radical (unpaired) electrons. The van der Waals surface area contributed by atoms with Gasteiger partial charge in [-0.1, -0.05) is 164 Å². The number of rotatable bonds is 6. The summed E-state index contributed by atoms with van der Waals surface area (Å²) in [7, 11) is 0. The van der Waals surface area contributed by atoms with Crippen LogP contribution in [-0.2, 0) is 0 Å². The molecule has 0 aliphatic heterocycles. The molecule has 0 unspecified atom stereocenters. The molecule has 0 aliphatic rings. The Morgan fingerprint density at radius 3 is 1.46 bits per heavy atom. The van der Waals surface area contributed by atoms with Crippen molar-refractivity contribution in [2.24, 2.45) is 0 Å². The quantitative estimate of drug-likeness (QED) is 0.171. The minimum absolute atomic E-state index is 0.603. The molecule has 0 saturated heterocycles. The highest BCUT2D eigenvalue weighted by Crippen LogP contribution is 2.41. The van der Waals surface area contributed by atoms with Crippen molar-refractivity contribution >= 4 is 43.9 Å². The zero-order valence-corrected chi connectivity index (χ0v) is 30.1. The van der Waals surface area contributed by atoms with Crippen LogP contribution in [0.15, 0.2) is 197 Å². The Bertz CT molecular complexity index is 3220. The van der Waals surface area contributed by atoms with Crippen molar-refractivity contribution in [2.75, 3.05) is 0 Å². The predicted molar refractivity (Wildman–Crippen MR) is 227 cm³/mol. The van der Waals surface area contributed by atoms with Gasteiger partial charge in [0.15, 0.2) is 17.5 Å². The van der Waals surface area contributed by atoms with E-state index in [0.717, 1.165) is 93.9 Å². The standard InChI is InChI=1S/C51H31N3O2/c1-3-12-32(13-4-1)33-22-26-36(27-23-33)49-52-50(54-51(53-49)41-18-8-7-16-38(41)34-14-5-2-6-15-34)37-28-24-35(25-29-37)39-19-11-21-45-48(39)43-31-46-42(30-47(43)56-45)40-17-9-10-20-44(40)55-46/h1-31H. The average Bonchev–Trinajstić information content (AvgIpc) is 3.83. The zero-order valence-electron chi connectivity index (χ0n) is 30.1. The highest BCUT2D eigenvalue weighted by atomic mass is 16.3. The van der Waals surface area contributed by atoms with E-state index in [2.05, 4.69) is 140 Å². The molecule has 0 spiro atoms. The number of aromatic nitrogens is 3. The van der Waals surface area contributed by atoms with Gasteiger partial charge in [0.2, 0.25) is 0 Å². The largest absolute Gasteiger partial charge is 0.456 e. The Balaban J connectivity index is 1.03. The first kappa shape index (κ1) is 31.9. The van der Waals surface area contributed by atoms with E-state index in [-0.39, 0.29) is 0 Å². The van der Waals surface area contributed by atoms with Crippen molar-refractivity contribution in [1.29, 1.82) is 0 Å². The van der Waals surface area contributed by atoms with Crippen LogP contribution >= 0.6 is 0 Å². The monoisotopic (exact) mass is 717 g/mol. The second-order valence-corrected chi connectivity index (χ2v) is 14.0. The summed E-state index contributed by atoms with van der Waals surface area (Å²) in [6.07, 6.45) is 0. The summed E-state index contributed by atoms with van der Waals surface area (Å²) < 4.78 is 12.7. The van der Waals surface area contributed by atoms with Crippen LogP contribution in [0.1, 0.15) is 0 Å². The second-order valence-electron chi connectivity index (χ2n) is 14.0. The van der Waals surface area contributed by atoms with E-state index < -0.39 is 0 Å². The van der Waals surface area contributed by atoms with Crippen molar-refractivity contribution in [3.8, 4) is 67.5 Å². The maximum atomic E-state index is 6.45. The predicted octanol–water partition coefficient (Wildman–Crippen LogP) is 13.7. The van der Waals surface area contributed by atoms with Gasteiger partial charge in [0.05, 0.1) is 0 Å². The third-order valence-electron chi connectivity index (χ3n) is 10.6. The van der Waals surface area contributed by atoms with Crippen LogP contribution < -0.4 is 0 Å². The molecule has 5 heteroatoms. The molecule has 0 aliphatic carbocycles. The number of para-hydroxylation sites is 1. The number of hydrogen-bond donors (Lipinski definition) is 0. The Kier molecular flexibility index (Phi) is 7.42. The number of furan rings is 2. The molecule has 0 bridgehead atoms. The van der Waals surface area contributed by atoms with Gasteiger partial charge in [-0.15, -0.1) is 0 Å². The normalized spacial score (nSPS) is 11.6. The number of nitrogens with zero attached hydrogens (tertiary/aromatic N) is 3. The van der Waals surface area contributed by atoms with Gasteiger partial charge in [0, 0.05) is 38.2 Å². The molecular formula is C51H31N3O2. The first-order chi connectivity index (χ1) is 27.7. The highest BCUT2D eigenvalue weighted by molar-refractivity contribution is 6.18. The summed E-state index contributed by atoms with van der Waals surface area (Å²) in [6.45, 7) is 0. The molecule has 11 rings (SSSR count). The molecule has 56 heavy (non-hydrogen) atoms. The van der Waals surface area contributed by atoms with Gasteiger partial charge in [-0.2, -0.15) is 0 Å². The topological polar surface area (TPSA) is 65.0 Å². The van der Waals surface area contributed by atoms with E-state index in [1.807, 2.05) is 48.5 Å². The zero-order chi connectivity index (χ0) is 37.0. The van der Waals surface area contributed by atoms with Gasteiger partial charge < -0.3 is 8.83 Å². The Labute approximate surface area is 322 Å². The van der Waals surface area contributed by atoms with Crippen LogP contribution in [0, 0.1) is 0 Å². The van der Waals surface area contributed by atoms with E-state index in [0.29, 0.717) is 17.5 Å². The lowest BCUT2D eigenvalue weighted by Crippen LogP contribution is -2.01. The maximum absolute atomic E-state index is 6.45. The number of hydrogen-bond acceptors (Lipinski definition) is 5. The van der Waals surface area contributed by atoms with E-state index in [1.165, 1.54) is 0 Å². The van der Waals surface area contributed by atoms with Gasteiger partial charge >= 0.3 is 0 Å². The van der Waals surface area contributed by atoms with Crippen LogP contribution in [0.25, 0.3) is 111 Å². The summed E-state index contributed by atoms with van der Waals surface area (Å²) in [5.41, 5.74) is 12.7. The Morgan fingerprint density at radius 1 is 0.268 bits per heavy atom. The van der Waals surface area contributed by atoms with E-state index in [1.54, 1.807) is 0 Å². The lowest BCUT2D eigenvalue weighted by atomic mass is 9.97. The summed E-state index contributed by atoms with van der Waals surface area (Å²) in [5, 5.41) is 4.21. The molecule has 0 atom stereocenters. The first-order valence-electron chi connectivity index (χ1n) is 18.7. The lowest BCUT2D eigenvalue weighted by molar-refractivity contribution is 0.664. The van der Waals surface area contributed by atoms with Crippen molar-refractivity contribution in [3.05, 3.63) is 188 Å². The van der Waals surface area contributed by atoms with Gasteiger partial charge in [0.1, 0.15) is 22.3 Å². The van der Waals surface area contributed by atoms with E-state index in [4.69, 9.17) is 23.8 Å². The van der Waals surface area contributed by atoms with E-state index >= 15 is 0 Å². The summed E-state index contributed by atoms with van der Waals surface area (Å²) in [4.78, 5) is 15.3. The van der Waals surface area contributed by atoms with Crippen LogP contribution in [-0.4, -0.2) is 15.0 Å². The molecule has 3 heterocycles. The lowest BCUT2D eigenvalue weighted by Gasteiger charge is -2.12. The Morgan fingerprint density at radius 2 is 0.732 bits per heavy atom. The SMILES string of the molecule is c1ccc(-c2ccc(-c3nc(-c4ccc(-c5cccc6oc7cc8c(cc7c56)oc5ccccc58)cc4)nc(-c4ccccc4-c4ccccc4)n3)cc2)cc1. The van der Waals surface area contributed by atoms with Crippen LogP contribution in [0.2, 0.25) is 0 Å². The molecule has 5 nitrogen and oxygen atoms in total. The van der Waals surface area contributed by atoms with Crippen molar-refractivity contribution in [2.45, 2.75) is 0 Å². The van der Waals surface area contributed by atoms with Crippen LogP contribution in [0.3, 0.4) is 0 Å². The molecule has 262 valence electrons. The molecular weight excluding hydrogens is 687 g/mol. The first-order valence-corrected chi connectivity index (χ1v) is 18.7. The van der Waals surface area contributed by atoms with Gasteiger partial charge in [-0.25, -0.2) is 15.0 Å². The summed E-state index contributed by atoms with van der Waals surface area (Å²) in [5.74, 6) is 1.83. The maximum Gasteiger partial charge on any atom is 0.164 e. The highest BCUT2D eigenvalue weighted by Gasteiger charge is 2.18. The van der Waals surface area contributed by atoms with Crippen LogP contribution in [0.4, 0.5) is 0 Å². The molecule has 3 aromatic heterocycles. The van der Waals surface area contributed by atoms with E-state index in [9.17, 15) is 0 Å². The fraction of sp³-hybridized carbons (Fsp3) is 0. The second kappa shape index (κ2) is 13.0. The fourth-order valence-corrected chi connectivity index (χ4v) is 7.83. The molecule has 0 fully saturated rings. The van der Waals surface area contributed by atoms with Crippen molar-refractivity contribution in [3.63, 3.8) is 0 Å². The smallest absolute Gasteiger partial charge is 0.164 e. The summed E-state index contributed by atoms with van der Waals surface area (Å²) >= 11 is 0. The minimum atomic E-state index is 0.603. The molecule has 8 aromatic carbocycles. The van der Waals surface area contributed by atoms with Crippen molar-refractivity contribution < 1.29 is 8.83 Å². The number of fused-ring (bicyclic) bond motifs is 6. The third-order valence-corrected chi connectivity index (χ3v) is 10.6. The molecule has 11 aromatic rings. The van der Waals surface area contributed by atoms with Gasteiger partial charge in [-0.3, -0.25) is 0 Å². The van der Waals surface area contributed by atoms with Gasteiger partial charge in [0.25, 0.3) is 0 Å². The minimum Gasteiger partial charge on any atom is -0.456 e. The summed E-state index contributed by atoms with van der Waals surface area (Å²) in [6, 6.07) is 64.5. The molecule has 0 saturated carbocycles. The molecule has 0 amide bonds. The van der Waals surface area contributed by atoms with Crippen LogP contribution in [0.5, 0.6) is 0 Å². The third kappa shape index (κ3) is 5.45. The average molecular weight is 718 g/mol. The fourth-order valence-electron chi connectivity index (χ4n) is 7.83. The van der Waals surface area contributed by atoms with Gasteiger partial charge in [-0.05, 0) is 57.6 Å². The Hall–Kier alpha value is -7.63.